The lowest BCUT2D eigenvalue weighted by atomic mass is 10.2. The summed E-state index contributed by atoms with van der Waals surface area (Å²) < 4.78 is 4.64. The summed E-state index contributed by atoms with van der Waals surface area (Å²) in [6.07, 6.45) is 0. The summed E-state index contributed by atoms with van der Waals surface area (Å²) >= 11 is 1.08. The van der Waals surface area contributed by atoms with E-state index in [9.17, 15) is 14.4 Å². The smallest absolute Gasteiger partial charge is 0.337 e. The molecule has 1 aromatic heterocycles. The fourth-order valence-corrected chi connectivity index (χ4v) is 2.48. The number of hydrogen-bond donors (Lipinski definition) is 2. The molecule has 0 aliphatic rings. The van der Waals surface area contributed by atoms with Crippen molar-refractivity contribution in [3.05, 3.63) is 45.9 Å². The van der Waals surface area contributed by atoms with Crippen molar-refractivity contribution in [1.29, 1.82) is 0 Å². The monoisotopic (exact) mass is 348 g/mol. The average molecular weight is 348 g/mol. The number of carbonyl (C=O) groups excluding carboxylic acids is 2. The van der Waals surface area contributed by atoms with Gasteiger partial charge >= 0.3 is 5.97 Å². The van der Waals surface area contributed by atoms with E-state index in [4.69, 9.17) is 0 Å². The van der Waals surface area contributed by atoms with Crippen molar-refractivity contribution in [2.24, 2.45) is 0 Å². The minimum absolute atomic E-state index is 0.260. The highest BCUT2D eigenvalue weighted by Crippen LogP contribution is 2.20. The highest BCUT2D eigenvalue weighted by Gasteiger charge is 2.17. The van der Waals surface area contributed by atoms with Crippen LogP contribution in [0.15, 0.2) is 34.2 Å². The Balaban J connectivity index is 2.04. The van der Waals surface area contributed by atoms with Crippen LogP contribution in [0.2, 0.25) is 0 Å². The Morgan fingerprint density at radius 2 is 2.08 bits per heavy atom. The third-order valence-electron chi connectivity index (χ3n) is 3.05. The molecule has 9 heteroatoms. The molecule has 8 nitrogen and oxygen atoms in total. The predicted molar refractivity (Wildman–Crippen MR) is 89.1 cm³/mol. The maximum Gasteiger partial charge on any atom is 0.337 e. The number of aryl methyl sites for hydroxylation is 1. The Hall–Kier alpha value is -2.68. The van der Waals surface area contributed by atoms with Gasteiger partial charge in [0.1, 0.15) is 5.69 Å². The molecule has 0 spiro atoms. The molecule has 1 unspecified atom stereocenters. The number of nitrogens with one attached hydrogen (secondary N) is 2. The number of methoxy groups -OCH3 is 1. The van der Waals surface area contributed by atoms with Crippen LogP contribution in [0, 0.1) is 6.92 Å². The van der Waals surface area contributed by atoms with Crippen LogP contribution in [0.1, 0.15) is 23.0 Å². The van der Waals surface area contributed by atoms with E-state index in [-0.39, 0.29) is 22.3 Å². The number of ether oxygens (including phenoxy) is 1. The summed E-state index contributed by atoms with van der Waals surface area (Å²) in [7, 11) is 1.29. The number of aromatic nitrogens is 3. The Morgan fingerprint density at radius 3 is 2.75 bits per heavy atom. The van der Waals surface area contributed by atoms with E-state index >= 15 is 0 Å². The van der Waals surface area contributed by atoms with Gasteiger partial charge in [-0.15, -0.1) is 10.2 Å². The lowest BCUT2D eigenvalue weighted by Gasteiger charge is -2.11. The number of nitrogens with zero attached hydrogens (tertiary/aromatic N) is 2. The van der Waals surface area contributed by atoms with Crippen LogP contribution in [0.25, 0.3) is 0 Å². The number of rotatable bonds is 5. The summed E-state index contributed by atoms with van der Waals surface area (Å²) in [5.41, 5.74) is 0.727. The standard InChI is InChI=1S/C15H16N4O4S/c1-8-12(20)17-15(19-18-8)24-9(2)13(21)16-11-6-4-5-10(7-11)14(22)23-3/h4-7,9H,1-3H3,(H,16,21)(H,17,19,20). The van der Waals surface area contributed by atoms with Crippen LogP contribution < -0.4 is 10.9 Å². The van der Waals surface area contributed by atoms with Gasteiger partial charge in [0.25, 0.3) is 5.56 Å². The van der Waals surface area contributed by atoms with Crippen LogP contribution in [0.5, 0.6) is 0 Å². The van der Waals surface area contributed by atoms with Crippen molar-refractivity contribution in [3.63, 3.8) is 0 Å². The molecule has 2 rings (SSSR count). The van der Waals surface area contributed by atoms with Crippen molar-refractivity contribution in [1.82, 2.24) is 15.2 Å². The third kappa shape index (κ3) is 4.42. The molecule has 1 aromatic carbocycles. The van der Waals surface area contributed by atoms with Crippen LogP contribution in [0.3, 0.4) is 0 Å². The summed E-state index contributed by atoms with van der Waals surface area (Å²) in [5, 5.41) is 9.98. The first-order valence-corrected chi connectivity index (χ1v) is 7.88. The fraction of sp³-hybridized carbons (Fsp3) is 0.267. The van der Waals surface area contributed by atoms with Crippen molar-refractivity contribution in [3.8, 4) is 0 Å². The summed E-state index contributed by atoms with van der Waals surface area (Å²) in [5.74, 6) is -0.786. The van der Waals surface area contributed by atoms with E-state index in [1.54, 1.807) is 32.0 Å². The second-order valence-corrected chi connectivity index (χ2v) is 6.20. The summed E-state index contributed by atoms with van der Waals surface area (Å²) in [4.78, 5) is 37.8. The molecular formula is C15H16N4O4S. The van der Waals surface area contributed by atoms with E-state index < -0.39 is 11.2 Å². The number of H-pyrrole nitrogens is 1. The van der Waals surface area contributed by atoms with E-state index in [1.807, 2.05) is 0 Å². The van der Waals surface area contributed by atoms with Crippen LogP contribution in [-0.2, 0) is 9.53 Å². The molecule has 0 bridgehead atoms. The zero-order valence-corrected chi connectivity index (χ0v) is 14.1. The van der Waals surface area contributed by atoms with Gasteiger partial charge in [0.2, 0.25) is 5.91 Å². The number of esters is 1. The van der Waals surface area contributed by atoms with Crippen molar-refractivity contribution in [2.75, 3.05) is 12.4 Å². The highest BCUT2D eigenvalue weighted by molar-refractivity contribution is 8.00. The van der Waals surface area contributed by atoms with Crippen LogP contribution in [0.4, 0.5) is 5.69 Å². The van der Waals surface area contributed by atoms with Gasteiger partial charge in [-0.2, -0.15) is 0 Å². The molecule has 24 heavy (non-hydrogen) atoms. The van der Waals surface area contributed by atoms with Gasteiger partial charge in [-0.3, -0.25) is 14.6 Å². The second kappa shape index (κ2) is 7.73. The van der Waals surface area contributed by atoms with Gasteiger partial charge in [0.15, 0.2) is 5.16 Å². The van der Waals surface area contributed by atoms with Gasteiger partial charge < -0.3 is 10.1 Å². The molecule has 0 aliphatic heterocycles. The highest BCUT2D eigenvalue weighted by atomic mass is 32.2. The number of thioether (sulfide) groups is 1. The summed E-state index contributed by atoms with van der Waals surface area (Å²) in [6.45, 7) is 3.22. The molecule has 0 radical (unpaired) electrons. The topological polar surface area (TPSA) is 114 Å². The second-order valence-electron chi connectivity index (χ2n) is 4.87. The number of amides is 1. The molecule has 0 saturated carbocycles. The maximum atomic E-state index is 12.2. The molecule has 126 valence electrons. The number of carbonyl (C=O) groups is 2. The predicted octanol–water partition coefficient (Wildman–Crippen LogP) is 1.38. The zero-order valence-electron chi connectivity index (χ0n) is 13.3. The minimum atomic E-state index is -0.528. The Kier molecular flexibility index (Phi) is 5.69. The fourth-order valence-electron chi connectivity index (χ4n) is 1.74. The van der Waals surface area contributed by atoms with Crippen molar-refractivity contribution >= 4 is 29.3 Å². The van der Waals surface area contributed by atoms with E-state index in [0.717, 1.165) is 11.8 Å². The summed E-state index contributed by atoms with van der Waals surface area (Å²) in [6, 6.07) is 6.42. The molecule has 0 aliphatic carbocycles. The zero-order chi connectivity index (χ0) is 17.7. The number of hydrogen-bond acceptors (Lipinski definition) is 7. The molecule has 0 saturated heterocycles. The maximum absolute atomic E-state index is 12.2. The molecule has 1 amide bonds. The van der Waals surface area contributed by atoms with Crippen LogP contribution >= 0.6 is 11.8 Å². The van der Waals surface area contributed by atoms with Crippen LogP contribution in [-0.4, -0.2) is 39.4 Å². The lowest BCUT2D eigenvalue weighted by molar-refractivity contribution is -0.115. The lowest BCUT2D eigenvalue weighted by Crippen LogP contribution is -2.24. The molecular weight excluding hydrogens is 332 g/mol. The number of benzene rings is 1. The average Bonchev–Trinajstić information content (AvgIpc) is 2.57. The van der Waals surface area contributed by atoms with Gasteiger partial charge in [-0.25, -0.2) is 4.79 Å². The van der Waals surface area contributed by atoms with E-state index in [1.165, 1.54) is 13.2 Å². The van der Waals surface area contributed by atoms with Gasteiger partial charge in [-0.05, 0) is 32.0 Å². The number of anilines is 1. The van der Waals surface area contributed by atoms with E-state index in [0.29, 0.717) is 11.3 Å². The minimum Gasteiger partial charge on any atom is -0.465 e. The molecule has 1 atom stereocenters. The molecule has 0 fully saturated rings. The largest absolute Gasteiger partial charge is 0.465 e. The first-order chi connectivity index (χ1) is 11.4. The normalized spacial score (nSPS) is 11.6. The SMILES string of the molecule is COC(=O)c1cccc(NC(=O)C(C)Sc2nnc(C)c(=O)[nH]2)c1. The molecule has 1 heterocycles. The van der Waals surface area contributed by atoms with Gasteiger partial charge in [0, 0.05) is 5.69 Å². The number of aromatic amines is 1. The van der Waals surface area contributed by atoms with Gasteiger partial charge in [0.05, 0.1) is 17.9 Å². The molecule has 2 N–H and O–H groups in total. The first kappa shape index (κ1) is 17.7. The third-order valence-corrected chi connectivity index (χ3v) is 4.02. The molecule has 2 aromatic rings. The first-order valence-electron chi connectivity index (χ1n) is 7.00. The van der Waals surface area contributed by atoms with Crippen molar-refractivity contribution < 1.29 is 14.3 Å². The Morgan fingerprint density at radius 1 is 1.33 bits per heavy atom. The van der Waals surface area contributed by atoms with Crippen molar-refractivity contribution in [2.45, 2.75) is 24.3 Å². The Labute approximate surface area is 142 Å². The quantitative estimate of drug-likeness (QED) is 0.620. The Bertz CT molecular complexity index is 821. The van der Waals surface area contributed by atoms with E-state index in [2.05, 4.69) is 25.2 Å². The van der Waals surface area contributed by atoms with Gasteiger partial charge in [-0.1, -0.05) is 17.8 Å².